The van der Waals surface area contributed by atoms with Crippen molar-refractivity contribution < 1.29 is 14.3 Å². The van der Waals surface area contributed by atoms with Crippen LogP contribution in [0.2, 0.25) is 0 Å². The zero-order valence-electron chi connectivity index (χ0n) is 17.2. The molecule has 1 N–H and O–H groups in total. The van der Waals surface area contributed by atoms with Gasteiger partial charge in [0.25, 0.3) is 0 Å². The molecule has 0 bridgehead atoms. The van der Waals surface area contributed by atoms with Crippen molar-refractivity contribution in [3.8, 4) is 11.3 Å². The van der Waals surface area contributed by atoms with E-state index in [9.17, 15) is 4.79 Å². The van der Waals surface area contributed by atoms with Crippen LogP contribution >= 0.6 is 15.9 Å². The third-order valence-corrected chi connectivity index (χ3v) is 6.14. The summed E-state index contributed by atoms with van der Waals surface area (Å²) in [4.78, 5) is 22.9. The molecule has 0 radical (unpaired) electrons. The molecule has 2 aliphatic heterocycles. The van der Waals surface area contributed by atoms with Crippen molar-refractivity contribution in [3.05, 3.63) is 40.8 Å². The van der Waals surface area contributed by atoms with Gasteiger partial charge in [-0.25, -0.2) is 9.78 Å². The molecule has 29 heavy (non-hydrogen) atoms. The highest BCUT2D eigenvalue weighted by Crippen LogP contribution is 2.47. The summed E-state index contributed by atoms with van der Waals surface area (Å²) in [6.07, 6.45) is 4.47. The highest BCUT2D eigenvalue weighted by atomic mass is 79.9. The number of hydrogen-bond donors (Lipinski definition) is 1. The van der Waals surface area contributed by atoms with Gasteiger partial charge in [-0.15, -0.1) is 0 Å². The molecule has 2 unspecified atom stereocenters. The van der Waals surface area contributed by atoms with Gasteiger partial charge in [0.05, 0.1) is 24.5 Å². The van der Waals surface area contributed by atoms with E-state index in [1.54, 1.807) is 0 Å². The number of nitrogens with zero attached hydrogens (tertiary/aromatic N) is 2. The normalized spacial score (nSPS) is 24.8. The molecule has 1 aromatic heterocycles. The summed E-state index contributed by atoms with van der Waals surface area (Å²) >= 11 is 3.47. The lowest BCUT2D eigenvalue weighted by molar-refractivity contribution is -0.00754. The van der Waals surface area contributed by atoms with Gasteiger partial charge < -0.3 is 14.5 Å². The number of carbonyl (C=O) groups excluding carboxylic acids is 1. The summed E-state index contributed by atoms with van der Waals surface area (Å²) in [5.41, 5.74) is 1.44. The van der Waals surface area contributed by atoms with Crippen molar-refractivity contribution in [1.29, 1.82) is 0 Å². The van der Waals surface area contributed by atoms with E-state index in [0.29, 0.717) is 13.2 Å². The first-order valence-corrected chi connectivity index (χ1v) is 10.9. The Morgan fingerprint density at radius 2 is 2.10 bits per heavy atom. The van der Waals surface area contributed by atoms with Gasteiger partial charge in [0.1, 0.15) is 11.4 Å². The molecule has 0 saturated carbocycles. The number of ether oxygens (including phenoxy) is 2. The van der Waals surface area contributed by atoms with Gasteiger partial charge in [0, 0.05) is 23.0 Å². The summed E-state index contributed by atoms with van der Waals surface area (Å²) < 4.78 is 12.5. The zero-order chi connectivity index (χ0) is 20.6. The molecule has 2 aromatic rings. The van der Waals surface area contributed by atoms with Crippen molar-refractivity contribution in [2.75, 3.05) is 19.8 Å². The second kappa shape index (κ2) is 7.76. The Labute approximate surface area is 180 Å². The Bertz CT molecular complexity index is 866. The number of rotatable bonds is 2. The second-order valence-electron chi connectivity index (χ2n) is 9.17. The minimum absolute atomic E-state index is 0.0234. The molecule has 7 heteroatoms. The van der Waals surface area contributed by atoms with Gasteiger partial charge >= 0.3 is 6.09 Å². The molecule has 1 spiro atoms. The number of halogens is 1. The number of aromatic nitrogens is 2. The van der Waals surface area contributed by atoms with Crippen molar-refractivity contribution in [1.82, 2.24) is 14.9 Å². The largest absolute Gasteiger partial charge is 0.444 e. The van der Waals surface area contributed by atoms with Crippen LogP contribution in [-0.4, -0.2) is 46.3 Å². The van der Waals surface area contributed by atoms with Crippen LogP contribution in [0.4, 0.5) is 4.79 Å². The van der Waals surface area contributed by atoms with Gasteiger partial charge in [0.15, 0.2) is 0 Å². The van der Waals surface area contributed by atoms with E-state index in [1.807, 2.05) is 56.1 Å². The maximum Gasteiger partial charge on any atom is 0.410 e. The van der Waals surface area contributed by atoms with Crippen LogP contribution in [0.3, 0.4) is 0 Å². The highest BCUT2D eigenvalue weighted by molar-refractivity contribution is 9.10. The Hall–Kier alpha value is -1.86. The van der Waals surface area contributed by atoms with E-state index in [-0.39, 0.29) is 17.6 Å². The van der Waals surface area contributed by atoms with Crippen molar-refractivity contribution >= 4 is 22.0 Å². The lowest BCUT2D eigenvalue weighted by atomic mass is 9.80. The number of carbonyl (C=O) groups is 1. The molecule has 3 heterocycles. The molecular weight excluding hydrogens is 434 g/mol. The molecule has 1 aromatic carbocycles. The van der Waals surface area contributed by atoms with E-state index >= 15 is 0 Å². The predicted octanol–water partition coefficient (Wildman–Crippen LogP) is 5.32. The number of imidazole rings is 1. The van der Waals surface area contributed by atoms with Gasteiger partial charge in [-0.05, 0) is 57.7 Å². The van der Waals surface area contributed by atoms with Crippen LogP contribution in [0.1, 0.15) is 51.9 Å². The standard InChI is InChI=1S/C22H28BrN3O3/c1-21(2,3)29-20(27)26-13-22(9-4-10-28-14-22)11-18(26)19-24-12-17(25-19)15-5-7-16(23)8-6-15/h5-8,12,18H,4,9-11,13-14H2,1-3H3,(H,24,25). The fourth-order valence-electron chi connectivity index (χ4n) is 4.29. The van der Waals surface area contributed by atoms with Gasteiger partial charge in [-0.2, -0.15) is 0 Å². The summed E-state index contributed by atoms with van der Waals surface area (Å²) in [5, 5.41) is 0. The summed E-state index contributed by atoms with van der Waals surface area (Å²) in [6.45, 7) is 7.81. The fourth-order valence-corrected chi connectivity index (χ4v) is 4.56. The number of nitrogens with one attached hydrogen (secondary N) is 1. The van der Waals surface area contributed by atoms with Crippen LogP contribution in [-0.2, 0) is 9.47 Å². The molecule has 2 aliphatic rings. The average molecular weight is 462 g/mol. The first-order valence-electron chi connectivity index (χ1n) is 10.1. The van der Waals surface area contributed by atoms with Gasteiger partial charge in [-0.3, -0.25) is 4.90 Å². The molecule has 4 rings (SSSR count). The number of hydrogen-bond acceptors (Lipinski definition) is 4. The number of H-pyrrole nitrogens is 1. The first-order chi connectivity index (χ1) is 13.7. The maximum atomic E-state index is 13.0. The molecule has 2 fully saturated rings. The predicted molar refractivity (Wildman–Crippen MR) is 115 cm³/mol. The van der Waals surface area contributed by atoms with E-state index in [1.165, 1.54) is 0 Å². The van der Waals surface area contributed by atoms with Crippen LogP contribution in [0.15, 0.2) is 34.9 Å². The molecule has 1 amide bonds. The number of benzene rings is 1. The molecular formula is C22H28BrN3O3. The molecule has 156 valence electrons. The monoisotopic (exact) mass is 461 g/mol. The third-order valence-electron chi connectivity index (χ3n) is 5.61. The van der Waals surface area contributed by atoms with E-state index in [2.05, 4.69) is 25.9 Å². The molecule has 0 aliphatic carbocycles. The highest BCUT2D eigenvalue weighted by Gasteiger charge is 2.49. The summed E-state index contributed by atoms with van der Waals surface area (Å²) in [7, 11) is 0. The Kier molecular flexibility index (Phi) is 5.46. The van der Waals surface area contributed by atoms with E-state index < -0.39 is 5.60 Å². The zero-order valence-corrected chi connectivity index (χ0v) is 18.8. The molecule has 6 nitrogen and oxygen atoms in total. The Morgan fingerprint density at radius 3 is 2.76 bits per heavy atom. The lowest BCUT2D eigenvalue weighted by Crippen LogP contribution is -2.40. The minimum Gasteiger partial charge on any atom is -0.444 e. The molecule has 2 atom stereocenters. The smallest absolute Gasteiger partial charge is 0.410 e. The fraction of sp³-hybridized carbons (Fsp3) is 0.545. The Morgan fingerprint density at radius 1 is 1.34 bits per heavy atom. The number of aromatic amines is 1. The third kappa shape index (κ3) is 4.51. The summed E-state index contributed by atoms with van der Waals surface area (Å²) in [5.74, 6) is 0.802. The van der Waals surface area contributed by atoms with Crippen LogP contribution in [0.5, 0.6) is 0 Å². The number of amides is 1. The maximum absolute atomic E-state index is 13.0. The quantitative estimate of drug-likeness (QED) is 0.656. The first kappa shape index (κ1) is 20.4. The van der Waals surface area contributed by atoms with E-state index in [4.69, 9.17) is 9.47 Å². The van der Waals surface area contributed by atoms with Crippen LogP contribution in [0.25, 0.3) is 11.3 Å². The van der Waals surface area contributed by atoms with Gasteiger partial charge in [0.2, 0.25) is 0 Å². The molecule has 2 saturated heterocycles. The SMILES string of the molecule is CC(C)(C)OC(=O)N1CC2(CCCOC2)CC1c1ncc(-c2ccc(Br)cc2)[nH]1. The van der Waals surface area contributed by atoms with Crippen molar-refractivity contribution in [3.63, 3.8) is 0 Å². The van der Waals surface area contributed by atoms with Crippen molar-refractivity contribution in [2.24, 2.45) is 5.41 Å². The van der Waals surface area contributed by atoms with Crippen LogP contribution in [0, 0.1) is 5.41 Å². The Balaban J connectivity index is 1.62. The van der Waals surface area contributed by atoms with E-state index in [0.717, 1.165) is 47.4 Å². The minimum atomic E-state index is -0.536. The van der Waals surface area contributed by atoms with Crippen molar-refractivity contribution in [2.45, 2.75) is 51.7 Å². The lowest BCUT2D eigenvalue weighted by Gasteiger charge is -2.33. The number of likely N-dealkylation sites (tertiary alicyclic amines) is 1. The van der Waals surface area contributed by atoms with Crippen LogP contribution < -0.4 is 0 Å². The average Bonchev–Trinajstić information content (AvgIpc) is 3.27. The topological polar surface area (TPSA) is 67.4 Å². The van der Waals surface area contributed by atoms with Gasteiger partial charge in [-0.1, -0.05) is 28.1 Å². The second-order valence-corrected chi connectivity index (χ2v) is 10.1. The summed E-state index contributed by atoms with van der Waals surface area (Å²) in [6, 6.07) is 7.95.